The Hall–Kier alpha value is -1.45. The van der Waals surface area contributed by atoms with Gasteiger partial charge in [0.15, 0.2) is 5.79 Å². The molecule has 0 amide bonds. The number of methoxy groups -OCH3 is 1. The molecule has 0 radical (unpaired) electrons. The number of aliphatic hydroxyl groups is 1. The summed E-state index contributed by atoms with van der Waals surface area (Å²) < 4.78 is 5.54. The van der Waals surface area contributed by atoms with Crippen molar-refractivity contribution in [1.29, 1.82) is 0 Å². The van der Waals surface area contributed by atoms with Crippen molar-refractivity contribution in [1.82, 2.24) is 0 Å². The highest BCUT2D eigenvalue weighted by Gasteiger charge is 2.76. The van der Waals surface area contributed by atoms with Gasteiger partial charge in [0.25, 0.3) is 0 Å². The smallest absolute Gasteiger partial charge is 0.185 e. The maximum Gasteiger partial charge on any atom is 0.185 e. The summed E-state index contributed by atoms with van der Waals surface area (Å²) >= 11 is 0. The average Bonchev–Trinajstić information content (AvgIpc) is 2.92. The molecule has 2 saturated carbocycles. The zero-order valence-corrected chi connectivity index (χ0v) is 14.3. The number of carbonyl (C=O) groups excluding carboxylic acids is 1. The zero-order chi connectivity index (χ0) is 16.9. The largest absolute Gasteiger partial charge is 0.364 e. The van der Waals surface area contributed by atoms with Crippen LogP contribution in [0.5, 0.6) is 0 Å². The maximum atomic E-state index is 13.3. The van der Waals surface area contributed by atoms with E-state index in [0.717, 1.165) is 17.6 Å². The van der Waals surface area contributed by atoms with Crippen molar-refractivity contribution in [3.63, 3.8) is 0 Å². The maximum absolute atomic E-state index is 13.3. The number of rotatable bonds is 5. The molecule has 0 aliphatic heterocycles. The first-order valence-electron chi connectivity index (χ1n) is 8.35. The van der Waals surface area contributed by atoms with Gasteiger partial charge in [-0.3, -0.25) is 4.79 Å². The van der Waals surface area contributed by atoms with Crippen molar-refractivity contribution in [2.24, 2.45) is 16.7 Å². The second kappa shape index (κ2) is 5.29. The van der Waals surface area contributed by atoms with Gasteiger partial charge in [0, 0.05) is 24.9 Å². The highest BCUT2D eigenvalue weighted by atomic mass is 16.6. The summed E-state index contributed by atoms with van der Waals surface area (Å²) in [5.41, 5.74) is 0.753. The standard InChI is InChI=1S/C20H26O3/c1-14-16-12-13-19(18(14,2)3,20(16,22)23-4)17(21)11-10-15-8-6-5-7-9-15/h5-9,16,22H,1,10-13H2,2-4H3/t16-,19-,20-/m1/s1. The van der Waals surface area contributed by atoms with Crippen molar-refractivity contribution in [2.75, 3.05) is 7.11 Å². The lowest BCUT2D eigenvalue weighted by Gasteiger charge is -2.45. The average molecular weight is 314 g/mol. The van der Waals surface area contributed by atoms with Crippen LogP contribution < -0.4 is 0 Å². The van der Waals surface area contributed by atoms with Crippen LogP contribution >= 0.6 is 0 Å². The number of benzene rings is 1. The first kappa shape index (κ1) is 16.4. The van der Waals surface area contributed by atoms with E-state index in [4.69, 9.17) is 4.74 Å². The zero-order valence-electron chi connectivity index (χ0n) is 14.3. The minimum absolute atomic E-state index is 0.0943. The predicted molar refractivity (Wildman–Crippen MR) is 89.8 cm³/mol. The van der Waals surface area contributed by atoms with Crippen LogP contribution in [-0.4, -0.2) is 23.8 Å². The Labute approximate surface area is 138 Å². The molecule has 124 valence electrons. The van der Waals surface area contributed by atoms with Crippen molar-refractivity contribution in [3.05, 3.63) is 48.0 Å². The molecule has 0 spiro atoms. The molecule has 3 atom stereocenters. The van der Waals surface area contributed by atoms with E-state index < -0.39 is 16.6 Å². The number of Topliss-reactive ketones (excluding diaryl/α,β-unsaturated/α-hetero) is 1. The number of carbonyl (C=O) groups is 1. The molecule has 0 unspecified atom stereocenters. The molecule has 1 N–H and O–H groups in total. The van der Waals surface area contributed by atoms with Crippen LogP contribution in [0.2, 0.25) is 0 Å². The first-order chi connectivity index (χ1) is 10.8. The molecule has 2 aliphatic carbocycles. The van der Waals surface area contributed by atoms with Gasteiger partial charge >= 0.3 is 0 Å². The molecule has 2 aliphatic rings. The summed E-state index contributed by atoms with van der Waals surface area (Å²) in [5, 5.41) is 11.2. The third-order valence-electron chi connectivity index (χ3n) is 6.45. The van der Waals surface area contributed by atoms with Gasteiger partial charge < -0.3 is 9.84 Å². The van der Waals surface area contributed by atoms with E-state index in [-0.39, 0.29) is 11.7 Å². The molecule has 3 rings (SSSR count). The molecular weight excluding hydrogens is 288 g/mol. The molecule has 2 bridgehead atoms. The van der Waals surface area contributed by atoms with E-state index in [0.29, 0.717) is 19.3 Å². The number of hydrogen-bond acceptors (Lipinski definition) is 3. The number of ether oxygens (including phenoxy) is 1. The SMILES string of the molecule is C=C1[C@H]2CC[C@@](C(=O)CCc3ccccc3)(C1(C)C)[C@]2(O)OC. The third-order valence-corrected chi connectivity index (χ3v) is 6.45. The van der Waals surface area contributed by atoms with Gasteiger partial charge in [0.1, 0.15) is 5.78 Å². The lowest BCUT2D eigenvalue weighted by atomic mass is 9.59. The van der Waals surface area contributed by atoms with Crippen LogP contribution in [0, 0.1) is 16.7 Å². The van der Waals surface area contributed by atoms with Gasteiger partial charge in [-0.2, -0.15) is 0 Å². The number of hydrogen-bond donors (Lipinski definition) is 1. The highest BCUT2D eigenvalue weighted by molar-refractivity contribution is 5.89. The summed E-state index contributed by atoms with van der Waals surface area (Å²) in [4.78, 5) is 13.3. The molecule has 23 heavy (non-hydrogen) atoms. The number of aryl methyl sites for hydroxylation is 1. The monoisotopic (exact) mass is 314 g/mol. The van der Waals surface area contributed by atoms with E-state index in [1.54, 1.807) is 0 Å². The van der Waals surface area contributed by atoms with Gasteiger partial charge in [-0.1, -0.05) is 56.3 Å². The minimum Gasteiger partial charge on any atom is -0.364 e. The molecule has 1 aromatic carbocycles. The van der Waals surface area contributed by atoms with E-state index in [1.165, 1.54) is 7.11 Å². The molecule has 3 nitrogen and oxygen atoms in total. The molecule has 0 heterocycles. The second-order valence-electron chi connectivity index (χ2n) is 7.46. The molecule has 1 aromatic rings. The lowest BCUT2D eigenvalue weighted by molar-refractivity contribution is -0.252. The molecule has 2 fully saturated rings. The van der Waals surface area contributed by atoms with Crippen molar-refractivity contribution in [3.8, 4) is 0 Å². The lowest BCUT2D eigenvalue weighted by Crippen LogP contribution is -2.55. The third kappa shape index (κ3) is 1.93. The first-order valence-corrected chi connectivity index (χ1v) is 8.35. The van der Waals surface area contributed by atoms with E-state index in [9.17, 15) is 9.90 Å². The Morgan fingerprint density at radius 3 is 2.61 bits per heavy atom. The Morgan fingerprint density at radius 1 is 1.35 bits per heavy atom. The summed E-state index contributed by atoms with van der Waals surface area (Å²) in [6, 6.07) is 10.00. The minimum atomic E-state index is -1.42. The molecule has 0 aromatic heterocycles. The van der Waals surface area contributed by atoms with Gasteiger partial charge in [0.05, 0.1) is 5.41 Å². The number of ketones is 1. The summed E-state index contributed by atoms with van der Waals surface area (Å²) in [5.74, 6) is -1.47. The van der Waals surface area contributed by atoms with Gasteiger partial charge in [-0.15, -0.1) is 0 Å². The highest BCUT2D eigenvalue weighted by Crippen LogP contribution is 2.71. The molecular formula is C20H26O3. The Balaban J connectivity index is 1.92. The Kier molecular flexibility index (Phi) is 3.77. The van der Waals surface area contributed by atoms with Crippen LogP contribution in [-0.2, 0) is 16.0 Å². The fourth-order valence-corrected chi connectivity index (χ4v) is 5.03. The normalized spacial score (nSPS) is 34.8. The van der Waals surface area contributed by atoms with Crippen molar-refractivity contribution >= 4 is 5.78 Å². The van der Waals surface area contributed by atoms with E-state index in [1.807, 2.05) is 44.2 Å². The summed E-state index contributed by atoms with van der Waals surface area (Å²) in [7, 11) is 1.51. The van der Waals surface area contributed by atoms with Crippen molar-refractivity contribution in [2.45, 2.75) is 45.3 Å². The Morgan fingerprint density at radius 2 is 2.00 bits per heavy atom. The Bertz CT molecular complexity index is 634. The second-order valence-corrected chi connectivity index (χ2v) is 7.46. The quantitative estimate of drug-likeness (QED) is 0.668. The fraction of sp³-hybridized carbons (Fsp3) is 0.550. The number of fused-ring (bicyclic) bond motifs is 2. The molecule has 3 heteroatoms. The van der Waals surface area contributed by atoms with Crippen molar-refractivity contribution < 1.29 is 14.6 Å². The van der Waals surface area contributed by atoms with Crippen LogP contribution in [0.3, 0.4) is 0 Å². The van der Waals surface area contributed by atoms with Gasteiger partial charge in [0.2, 0.25) is 0 Å². The van der Waals surface area contributed by atoms with Crippen LogP contribution in [0.1, 0.15) is 38.7 Å². The summed E-state index contributed by atoms with van der Waals surface area (Å²) in [6.07, 6.45) is 2.54. The van der Waals surface area contributed by atoms with Gasteiger partial charge in [-0.05, 0) is 24.8 Å². The van der Waals surface area contributed by atoms with Crippen LogP contribution in [0.25, 0.3) is 0 Å². The van der Waals surface area contributed by atoms with Crippen LogP contribution in [0.4, 0.5) is 0 Å². The topological polar surface area (TPSA) is 46.5 Å². The van der Waals surface area contributed by atoms with Gasteiger partial charge in [-0.25, -0.2) is 0 Å². The van der Waals surface area contributed by atoms with Crippen LogP contribution in [0.15, 0.2) is 42.5 Å². The van der Waals surface area contributed by atoms with E-state index in [2.05, 4.69) is 6.58 Å². The van der Waals surface area contributed by atoms with E-state index >= 15 is 0 Å². The summed E-state index contributed by atoms with van der Waals surface area (Å²) in [6.45, 7) is 8.24. The fourth-order valence-electron chi connectivity index (χ4n) is 5.03. The predicted octanol–water partition coefficient (Wildman–Crippen LogP) is 3.52. The molecule has 0 saturated heterocycles.